The van der Waals surface area contributed by atoms with Crippen LogP contribution in [0.25, 0.3) is 6.08 Å². The average Bonchev–Trinajstić information content (AvgIpc) is 3.21. The Morgan fingerprint density at radius 1 is 1.35 bits per heavy atom. The van der Waals surface area contributed by atoms with Crippen LogP contribution in [0.4, 0.5) is 5.13 Å². The average molecular weight is 406 g/mol. The Bertz CT molecular complexity index is 876. The molecule has 0 radical (unpaired) electrons. The third kappa shape index (κ3) is 4.39. The fourth-order valence-electron chi connectivity index (χ4n) is 2.07. The van der Waals surface area contributed by atoms with Crippen LogP contribution in [0, 0.1) is 0 Å². The van der Waals surface area contributed by atoms with Crippen molar-refractivity contribution in [1.29, 1.82) is 0 Å². The quantitative estimate of drug-likeness (QED) is 0.580. The molecular formula is C17H16ClN5OS2. The molecule has 0 spiro atoms. The summed E-state index contributed by atoms with van der Waals surface area (Å²) in [6.45, 7) is 6.12. The fraction of sp³-hybridized carbons (Fsp3) is 0.176. The number of rotatable bonds is 6. The number of benzene rings is 1. The summed E-state index contributed by atoms with van der Waals surface area (Å²) in [6.07, 6.45) is 4.29. The SMILES string of the molecule is C=CCNN1C(=O)/C(=C\c2ccc(Cl)cc2)S/C1=N\c1nnc(CC)s1. The number of amidine groups is 1. The van der Waals surface area contributed by atoms with Gasteiger partial charge in [-0.3, -0.25) is 4.79 Å². The number of thioether (sulfide) groups is 1. The fourth-order valence-corrected chi connectivity index (χ4v) is 3.84. The number of aryl methyl sites for hydroxylation is 1. The van der Waals surface area contributed by atoms with Gasteiger partial charge in [-0.1, -0.05) is 48.1 Å². The van der Waals surface area contributed by atoms with Crippen molar-refractivity contribution >= 4 is 57.0 Å². The molecule has 2 heterocycles. The number of hydrogen-bond acceptors (Lipinski definition) is 7. The molecule has 1 aliphatic heterocycles. The lowest BCUT2D eigenvalue weighted by atomic mass is 10.2. The number of aliphatic imine (C=N–C) groups is 1. The van der Waals surface area contributed by atoms with E-state index in [1.54, 1.807) is 18.2 Å². The number of amides is 1. The van der Waals surface area contributed by atoms with E-state index in [1.165, 1.54) is 28.1 Å². The van der Waals surface area contributed by atoms with Crippen molar-refractivity contribution in [2.75, 3.05) is 6.54 Å². The molecule has 1 N–H and O–H groups in total. The lowest BCUT2D eigenvalue weighted by molar-refractivity contribution is -0.124. The molecule has 2 aromatic rings. The van der Waals surface area contributed by atoms with Crippen LogP contribution in [0.5, 0.6) is 0 Å². The number of hydrazine groups is 1. The first kappa shape index (κ1) is 18.8. The van der Waals surface area contributed by atoms with Crippen LogP contribution in [0.3, 0.4) is 0 Å². The molecule has 1 amide bonds. The Kier molecular flexibility index (Phi) is 6.20. The second kappa shape index (κ2) is 8.59. The highest BCUT2D eigenvalue weighted by Gasteiger charge is 2.33. The van der Waals surface area contributed by atoms with E-state index in [4.69, 9.17) is 11.6 Å². The van der Waals surface area contributed by atoms with Crippen molar-refractivity contribution < 1.29 is 4.79 Å². The molecule has 0 bridgehead atoms. The molecule has 9 heteroatoms. The van der Waals surface area contributed by atoms with Gasteiger partial charge in [0, 0.05) is 11.6 Å². The summed E-state index contributed by atoms with van der Waals surface area (Å²) in [5.74, 6) is -0.175. The zero-order valence-electron chi connectivity index (χ0n) is 14.0. The first-order valence-electron chi connectivity index (χ1n) is 7.85. The molecule has 26 heavy (non-hydrogen) atoms. The maximum atomic E-state index is 12.7. The van der Waals surface area contributed by atoms with Gasteiger partial charge in [0.25, 0.3) is 5.91 Å². The molecule has 1 fully saturated rings. The molecule has 0 unspecified atom stereocenters. The topological polar surface area (TPSA) is 70.5 Å². The Hall–Kier alpha value is -2.00. The van der Waals surface area contributed by atoms with E-state index >= 15 is 0 Å². The van der Waals surface area contributed by atoms with Crippen LogP contribution in [0.15, 0.2) is 46.8 Å². The summed E-state index contributed by atoms with van der Waals surface area (Å²) in [4.78, 5) is 17.8. The maximum Gasteiger partial charge on any atom is 0.281 e. The van der Waals surface area contributed by atoms with E-state index in [1.807, 2.05) is 25.1 Å². The molecule has 3 rings (SSSR count). The third-order valence-corrected chi connectivity index (χ3v) is 5.50. The van der Waals surface area contributed by atoms with Crippen molar-refractivity contribution in [2.24, 2.45) is 4.99 Å². The normalized spacial score (nSPS) is 17.5. The van der Waals surface area contributed by atoms with Gasteiger partial charge in [0.2, 0.25) is 5.13 Å². The van der Waals surface area contributed by atoms with Gasteiger partial charge in [0.05, 0.1) is 4.91 Å². The lowest BCUT2D eigenvalue weighted by Crippen LogP contribution is -2.41. The van der Waals surface area contributed by atoms with Crippen molar-refractivity contribution in [3.63, 3.8) is 0 Å². The van der Waals surface area contributed by atoms with Crippen LogP contribution >= 0.6 is 34.7 Å². The summed E-state index contributed by atoms with van der Waals surface area (Å²) in [6, 6.07) is 7.29. The predicted molar refractivity (Wildman–Crippen MR) is 108 cm³/mol. The van der Waals surface area contributed by atoms with Gasteiger partial charge >= 0.3 is 0 Å². The summed E-state index contributed by atoms with van der Waals surface area (Å²) < 4.78 is 0. The van der Waals surface area contributed by atoms with Gasteiger partial charge in [-0.05, 0) is 42.0 Å². The van der Waals surface area contributed by atoms with E-state index in [0.717, 1.165) is 17.0 Å². The van der Waals surface area contributed by atoms with Gasteiger partial charge in [-0.25, -0.2) is 10.4 Å². The molecule has 1 aromatic carbocycles. The minimum Gasteiger partial charge on any atom is -0.267 e. The number of aromatic nitrogens is 2. The van der Waals surface area contributed by atoms with E-state index in [0.29, 0.717) is 26.8 Å². The van der Waals surface area contributed by atoms with Gasteiger partial charge in [0.1, 0.15) is 5.01 Å². The zero-order chi connectivity index (χ0) is 18.5. The van der Waals surface area contributed by atoms with Gasteiger partial charge in [0.15, 0.2) is 5.17 Å². The van der Waals surface area contributed by atoms with Crippen molar-refractivity contribution in [2.45, 2.75) is 13.3 Å². The van der Waals surface area contributed by atoms with E-state index < -0.39 is 0 Å². The summed E-state index contributed by atoms with van der Waals surface area (Å²) in [5, 5.41) is 12.1. The van der Waals surface area contributed by atoms with Crippen LogP contribution in [-0.2, 0) is 11.2 Å². The Morgan fingerprint density at radius 2 is 2.12 bits per heavy atom. The van der Waals surface area contributed by atoms with Crippen LogP contribution < -0.4 is 5.43 Å². The molecule has 0 atom stereocenters. The Labute approximate surface area is 164 Å². The maximum absolute atomic E-state index is 12.7. The largest absolute Gasteiger partial charge is 0.281 e. The lowest BCUT2D eigenvalue weighted by Gasteiger charge is -2.14. The van der Waals surface area contributed by atoms with E-state index in [-0.39, 0.29) is 5.91 Å². The molecule has 0 saturated carbocycles. The summed E-state index contributed by atoms with van der Waals surface area (Å²) in [5.41, 5.74) is 3.89. The highest BCUT2D eigenvalue weighted by atomic mass is 35.5. The van der Waals surface area contributed by atoms with Crippen molar-refractivity contribution in [3.8, 4) is 0 Å². The van der Waals surface area contributed by atoms with E-state index in [9.17, 15) is 4.79 Å². The Balaban J connectivity index is 1.90. The zero-order valence-corrected chi connectivity index (χ0v) is 16.4. The van der Waals surface area contributed by atoms with Crippen LogP contribution in [0.2, 0.25) is 5.02 Å². The Morgan fingerprint density at radius 3 is 2.77 bits per heavy atom. The number of hydrogen-bond donors (Lipinski definition) is 1. The smallest absolute Gasteiger partial charge is 0.267 e. The molecular weight excluding hydrogens is 390 g/mol. The van der Waals surface area contributed by atoms with E-state index in [2.05, 4.69) is 27.2 Å². The van der Waals surface area contributed by atoms with Crippen LogP contribution in [-0.4, -0.2) is 32.8 Å². The summed E-state index contributed by atoms with van der Waals surface area (Å²) >= 11 is 8.61. The first-order chi connectivity index (χ1) is 12.6. The monoisotopic (exact) mass is 405 g/mol. The first-order valence-corrected chi connectivity index (χ1v) is 9.87. The standard InChI is InChI=1S/C17H16ClN5OS2/c1-3-9-19-23-15(24)13(10-11-5-7-12(18)8-6-11)25-17(23)20-16-22-21-14(4-2)26-16/h3,5-8,10,19H,1,4,9H2,2H3/b13-10+,20-17-. The number of carbonyl (C=O) groups excluding carboxylic acids is 1. The van der Waals surface area contributed by atoms with Gasteiger partial charge in [-0.2, -0.15) is 4.99 Å². The minimum absolute atomic E-state index is 0.175. The molecule has 0 aliphatic carbocycles. The molecule has 1 saturated heterocycles. The number of halogens is 1. The second-order valence-corrected chi connectivity index (χ2v) is 7.67. The molecule has 134 valence electrons. The number of nitrogens with zero attached hydrogens (tertiary/aromatic N) is 4. The molecule has 1 aromatic heterocycles. The second-order valence-electron chi connectivity index (χ2n) is 5.18. The number of nitrogens with one attached hydrogen (secondary N) is 1. The predicted octanol–water partition coefficient (Wildman–Crippen LogP) is 4.05. The molecule has 1 aliphatic rings. The molecule has 6 nitrogen and oxygen atoms in total. The van der Waals surface area contributed by atoms with Crippen molar-refractivity contribution in [1.82, 2.24) is 20.6 Å². The van der Waals surface area contributed by atoms with Crippen LogP contribution in [0.1, 0.15) is 17.5 Å². The summed E-state index contributed by atoms with van der Waals surface area (Å²) in [7, 11) is 0. The highest BCUT2D eigenvalue weighted by molar-refractivity contribution is 8.18. The van der Waals surface area contributed by atoms with Crippen molar-refractivity contribution in [3.05, 3.63) is 57.4 Å². The third-order valence-electron chi connectivity index (χ3n) is 3.32. The van der Waals surface area contributed by atoms with Gasteiger partial charge < -0.3 is 0 Å². The van der Waals surface area contributed by atoms with Gasteiger partial charge in [-0.15, -0.1) is 16.8 Å². The highest BCUT2D eigenvalue weighted by Crippen LogP contribution is 2.33. The minimum atomic E-state index is -0.175. The number of carbonyl (C=O) groups is 1.